The van der Waals surface area contributed by atoms with E-state index in [2.05, 4.69) is 5.32 Å². The highest BCUT2D eigenvalue weighted by molar-refractivity contribution is 5.84. The molecule has 23 heavy (non-hydrogen) atoms. The largest absolute Gasteiger partial charge is 0.444 e. The molecule has 2 rings (SSSR count). The quantitative estimate of drug-likeness (QED) is 0.862. The van der Waals surface area contributed by atoms with Crippen LogP contribution in [0.3, 0.4) is 0 Å². The molecule has 0 bridgehead atoms. The molecule has 1 fully saturated rings. The van der Waals surface area contributed by atoms with Crippen molar-refractivity contribution >= 4 is 11.8 Å². The van der Waals surface area contributed by atoms with Crippen LogP contribution in [0.1, 0.15) is 60.3 Å². The van der Waals surface area contributed by atoms with Crippen molar-refractivity contribution in [2.45, 2.75) is 71.6 Å². The molecule has 1 saturated heterocycles. The number of benzene rings is 1. The van der Waals surface area contributed by atoms with E-state index < -0.39 is 18.0 Å². The Kier molecular flexibility index (Phi) is 4.48. The number of ether oxygens (including phenoxy) is 3. The lowest BCUT2D eigenvalue weighted by molar-refractivity contribution is -0.0895. The maximum absolute atomic E-state index is 11.8. The molecule has 1 aromatic rings. The first-order valence-electron chi connectivity index (χ1n) is 7.85. The van der Waals surface area contributed by atoms with Crippen molar-refractivity contribution in [3.63, 3.8) is 0 Å². The third-order valence-electron chi connectivity index (χ3n) is 4.08. The molecule has 1 heterocycles. The summed E-state index contributed by atoms with van der Waals surface area (Å²) in [5, 5.41) is 2.71. The highest BCUT2D eigenvalue weighted by Crippen LogP contribution is 2.44. The van der Waals surface area contributed by atoms with E-state index in [1.807, 2.05) is 72.7 Å². The maximum atomic E-state index is 11.8. The zero-order chi connectivity index (χ0) is 17.5. The standard InChI is InChI=1S/C18H27NO4/c1-16(2,3)23-15(20)19-13-10-8-12(9-11-13)14-21-17(4,5)18(6,7)22-14/h8-11,14H,1-7H3,(H,19,20). The fourth-order valence-corrected chi connectivity index (χ4v) is 2.12. The van der Waals surface area contributed by atoms with Gasteiger partial charge in [-0.05, 0) is 60.6 Å². The predicted octanol–water partition coefficient (Wildman–Crippen LogP) is 4.64. The topological polar surface area (TPSA) is 56.8 Å². The Morgan fingerprint density at radius 3 is 1.96 bits per heavy atom. The summed E-state index contributed by atoms with van der Waals surface area (Å²) >= 11 is 0. The summed E-state index contributed by atoms with van der Waals surface area (Å²) < 4.78 is 17.2. The van der Waals surface area contributed by atoms with Gasteiger partial charge in [0.25, 0.3) is 0 Å². The van der Waals surface area contributed by atoms with Crippen LogP contribution in [-0.2, 0) is 14.2 Å². The molecule has 0 aromatic heterocycles. The number of carbonyl (C=O) groups excluding carboxylic acids is 1. The SMILES string of the molecule is CC(C)(C)OC(=O)Nc1ccc(C2OC(C)(C)C(C)(C)O2)cc1. The number of amides is 1. The lowest BCUT2D eigenvalue weighted by Crippen LogP contribution is -2.41. The summed E-state index contributed by atoms with van der Waals surface area (Å²) in [5.41, 5.74) is 0.320. The molecule has 128 valence electrons. The zero-order valence-electron chi connectivity index (χ0n) is 15.0. The van der Waals surface area contributed by atoms with Gasteiger partial charge in [0.1, 0.15) is 5.60 Å². The summed E-state index contributed by atoms with van der Waals surface area (Å²) in [4.78, 5) is 11.8. The van der Waals surface area contributed by atoms with Crippen molar-refractivity contribution < 1.29 is 19.0 Å². The molecule has 1 N–H and O–H groups in total. The summed E-state index contributed by atoms with van der Waals surface area (Å²) in [6, 6.07) is 7.39. The third-order valence-corrected chi connectivity index (χ3v) is 4.08. The Morgan fingerprint density at radius 2 is 1.52 bits per heavy atom. The average molecular weight is 321 g/mol. The smallest absolute Gasteiger partial charge is 0.412 e. The second kappa shape index (κ2) is 5.80. The Bertz CT molecular complexity index is 554. The molecule has 1 amide bonds. The second-order valence-corrected chi connectivity index (χ2v) is 7.84. The number of anilines is 1. The van der Waals surface area contributed by atoms with E-state index in [9.17, 15) is 4.79 Å². The van der Waals surface area contributed by atoms with Crippen LogP contribution in [0.4, 0.5) is 10.5 Å². The van der Waals surface area contributed by atoms with Gasteiger partial charge in [0.05, 0.1) is 11.2 Å². The van der Waals surface area contributed by atoms with E-state index in [1.165, 1.54) is 0 Å². The number of nitrogens with one attached hydrogen (secondary N) is 1. The molecule has 1 aliphatic heterocycles. The highest BCUT2D eigenvalue weighted by atomic mass is 16.7. The fraction of sp³-hybridized carbons (Fsp3) is 0.611. The van der Waals surface area contributed by atoms with E-state index >= 15 is 0 Å². The van der Waals surface area contributed by atoms with E-state index in [0.717, 1.165) is 5.56 Å². The minimum Gasteiger partial charge on any atom is -0.444 e. The Labute approximate surface area is 138 Å². The van der Waals surface area contributed by atoms with Crippen molar-refractivity contribution in [2.24, 2.45) is 0 Å². The maximum Gasteiger partial charge on any atom is 0.412 e. The van der Waals surface area contributed by atoms with Gasteiger partial charge < -0.3 is 14.2 Å². The van der Waals surface area contributed by atoms with Gasteiger partial charge in [0, 0.05) is 11.3 Å². The molecule has 0 saturated carbocycles. The van der Waals surface area contributed by atoms with Gasteiger partial charge >= 0.3 is 6.09 Å². The number of carbonyl (C=O) groups is 1. The minimum absolute atomic E-state index is 0.370. The van der Waals surface area contributed by atoms with Crippen LogP contribution in [0.2, 0.25) is 0 Å². The molecular formula is C18H27NO4. The van der Waals surface area contributed by atoms with E-state index in [0.29, 0.717) is 5.69 Å². The molecule has 5 heteroatoms. The number of hydrogen-bond acceptors (Lipinski definition) is 4. The molecular weight excluding hydrogens is 294 g/mol. The Morgan fingerprint density at radius 1 is 1.04 bits per heavy atom. The third kappa shape index (κ3) is 4.24. The normalized spacial score (nSPS) is 20.3. The summed E-state index contributed by atoms with van der Waals surface area (Å²) in [6.45, 7) is 13.6. The summed E-state index contributed by atoms with van der Waals surface area (Å²) in [6.07, 6.45) is -0.878. The molecule has 1 aliphatic rings. The van der Waals surface area contributed by atoms with Crippen molar-refractivity contribution in [1.29, 1.82) is 0 Å². The second-order valence-electron chi connectivity index (χ2n) is 7.84. The van der Waals surface area contributed by atoms with Crippen molar-refractivity contribution in [3.05, 3.63) is 29.8 Å². The Balaban J connectivity index is 2.02. The van der Waals surface area contributed by atoms with Crippen molar-refractivity contribution in [1.82, 2.24) is 0 Å². The molecule has 0 atom stereocenters. The molecule has 0 spiro atoms. The van der Waals surface area contributed by atoms with Crippen LogP contribution in [0.25, 0.3) is 0 Å². The lowest BCUT2D eigenvalue weighted by atomic mass is 9.90. The molecule has 5 nitrogen and oxygen atoms in total. The number of hydrogen-bond donors (Lipinski definition) is 1. The van der Waals surface area contributed by atoms with Crippen LogP contribution in [-0.4, -0.2) is 22.9 Å². The minimum atomic E-state index is -0.521. The van der Waals surface area contributed by atoms with Gasteiger partial charge in [-0.2, -0.15) is 0 Å². The first-order chi connectivity index (χ1) is 10.4. The summed E-state index contributed by atoms with van der Waals surface area (Å²) in [5.74, 6) is 0. The molecule has 0 radical (unpaired) electrons. The van der Waals surface area contributed by atoms with E-state index in [1.54, 1.807) is 0 Å². The van der Waals surface area contributed by atoms with Gasteiger partial charge in [-0.3, -0.25) is 5.32 Å². The first-order valence-corrected chi connectivity index (χ1v) is 7.85. The average Bonchev–Trinajstić information content (AvgIpc) is 2.56. The predicted molar refractivity (Wildman–Crippen MR) is 89.4 cm³/mol. The van der Waals surface area contributed by atoms with E-state index in [-0.39, 0.29) is 11.2 Å². The van der Waals surface area contributed by atoms with Crippen LogP contribution >= 0.6 is 0 Å². The van der Waals surface area contributed by atoms with Gasteiger partial charge in [0.2, 0.25) is 0 Å². The highest BCUT2D eigenvalue weighted by Gasteiger charge is 2.49. The molecule has 1 aromatic carbocycles. The van der Waals surface area contributed by atoms with Crippen molar-refractivity contribution in [2.75, 3.05) is 5.32 Å². The van der Waals surface area contributed by atoms with Gasteiger partial charge in [-0.25, -0.2) is 4.79 Å². The number of rotatable bonds is 2. The fourth-order valence-electron chi connectivity index (χ4n) is 2.12. The first kappa shape index (κ1) is 17.8. The van der Waals surface area contributed by atoms with Crippen LogP contribution in [0.5, 0.6) is 0 Å². The molecule has 0 aliphatic carbocycles. The van der Waals surface area contributed by atoms with Gasteiger partial charge in [-0.15, -0.1) is 0 Å². The monoisotopic (exact) mass is 321 g/mol. The molecule has 0 unspecified atom stereocenters. The van der Waals surface area contributed by atoms with Crippen LogP contribution in [0, 0.1) is 0 Å². The van der Waals surface area contributed by atoms with Gasteiger partial charge in [-0.1, -0.05) is 12.1 Å². The van der Waals surface area contributed by atoms with Crippen LogP contribution < -0.4 is 5.32 Å². The van der Waals surface area contributed by atoms with Crippen molar-refractivity contribution in [3.8, 4) is 0 Å². The lowest BCUT2D eigenvalue weighted by Gasteiger charge is -2.30. The van der Waals surface area contributed by atoms with Gasteiger partial charge in [0.15, 0.2) is 6.29 Å². The van der Waals surface area contributed by atoms with E-state index in [4.69, 9.17) is 14.2 Å². The zero-order valence-corrected chi connectivity index (χ0v) is 15.0. The van der Waals surface area contributed by atoms with Crippen LogP contribution in [0.15, 0.2) is 24.3 Å². The Hall–Kier alpha value is -1.59. The summed E-state index contributed by atoms with van der Waals surface area (Å²) in [7, 11) is 0.